The normalized spacial score (nSPS) is 14.2. The second-order valence-electron chi connectivity index (χ2n) is 8.63. The molecule has 1 saturated heterocycles. The molecular formula is C28H34N4O. The maximum Gasteiger partial charge on any atom is 0.220 e. The van der Waals surface area contributed by atoms with Crippen molar-refractivity contribution in [2.24, 2.45) is 0 Å². The Morgan fingerprint density at radius 3 is 2.45 bits per heavy atom. The summed E-state index contributed by atoms with van der Waals surface area (Å²) in [5.74, 6) is 0.129. The molecule has 4 rings (SSSR count). The summed E-state index contributed by atoms with van der Waals surface area (Å²) in [6, 6.07) is 23.3. The third-order valence-electron chi connectivity index (χ3n) is 6.29. The number of hydrogen-bond acceptors (Lipinski definition) is 4. The zero-order valence-corrected chi connectivity index (χ0v) is 19.3. The largest absolute Gasteiger partial charge is 0.368 e. The molecule has 2 aromatic carbocycles. The third kappa shape index (κ3) is 6.90. The van der Waals surface area contributed by atoms with Crippen LogP contribution in [0.25, 0.3) is 11.1 Å². The highest BCUT2D eigenvalue weighted by Crippen LogP contribution is 2.31. The van der Waals surface area contributed by atoms with E-state index in [4.69, 9.17) is 0 Å². The Hall–Kier alpha value is -3.18. The van der Waals surface area contributed by atoms with Gasteiger partial charge in [0.1, 0.15) is 0 Å². The number of carbonyl (C=O) groups is 1. The van der Waals surface area contributed by atoms with E-state index in [0.29, 0.717) is 6.42 Å². The van der Waals surface area contributed by atoms with E-state index in [-0.39, 0.29) is 5.91 Å². The number of nitrogens with zero attached hydrogens (tertiary/aromatic N) is 3. The Labute approximate surface area is 197 Å². The first-order chi connectivity index (χ1) is 16.3. The molecule has 1 aliphatic rings. The predicted octanol–water partition coefficient (Wildman–Crippen LogP) is 4.40. The fourth-order valence-corrected chi connectivity index (χ4v) is 4.40. The number of pyridine rings is 1. The summed E-state index contributed by atoms with van der Waals surface area (Å²) in [7, 11) is 0. The molecule has 0 aliphatic carbocycles. The van der Waals surface area contributed by atoms with Gasteiger partial charge in [-0.2, -0.15) is 0 Å². The molecule has 1 N–H and O–H groups in total. The Bertz CT molecular complexity index is 985. The summed E-state index contributed by atoms with van der Waals surface area (Å²) in [6.07, 6.45) is 7.00. The lowest BCUT2D eigenvalue weighted by atomic mass is 10.0. The number of amides is 1. The monoisotopic (exact) mass is 442 g/mol. The first kappa shape index (κ1) is 23.0. The van der Waals surface area contributed by atoms with E-state index in [1.165, 1.54) is 16.8 Å². The Morgan fingerprint density at radius 2 is 1.67 bits per heavy atom. The van der Waals surface area contributed by atoms with Gasteiger partial charge in [-0.25, -0.2) is 0 Å². The van der Waals surface area contributed by atoms with Gasteiger partial charge >= 0.3 is 0 Å². The zero-order valence-electron chi connectivity index (χ0n) is 19.3. The average molecular weight is 443 g/mol. The average Bonchev–Trinajstić information content (AvgIpc) is 2.89. The third-order valence-corrected chi connectivity index (χ3v) is 6.29. The summed E-state index contributed by atoms with van der Waals surface area (Å²) in [5.41, 5.74) is 5.03. The van der Waals surface area contributed by atoms with Gasteiger partial charge in [0.25, 0.3) is 0 Å². The molecule has 5 heteroatoms. The molecule has 1 amide bonds. The van der Waals surface area contributed by atoms with Gasteiger partial charge < -0.3 is 10.2 Å². The molecule has 1 aromatic heterocycles. The zero-order chi connectivity index (χ0) is 22.7. The van der Waals surface area contributed by atoms with Gasteiger partial charge in [0.05, 0.1) is 0 Å². The molecule has 0 radical (unpaired) electrons. The number of unbranched alkanes of at least 4 members (excludes halogenated alkanes) is 1. The number of aromatic nitrogens is 1. The second kappa shape index (κ2) is 12.2. The summed E-state index contributed by atoms with van der Waals surface area (Å²) in [4.78, 5) is 21.2. The van der Waals surface area contributed by atoms with Crippen LogP contribution in [0.2, 0.25) is 0 Å². The molecule has 1 fully saturated rings. The minimum Gasteiger partial charge on any atom is -0.368 e. The van der Waals surface area contributed by atoms with Crippen LogP contribution in [0.3, 0.4) is 0 Å². The van der Waals surface area contributed by atoms with Gasteiger partial charge in [-0.1, -0.05) is 54.6 Å². The van der Waals surface area contributed by atoms with Gasteiger partial charge in [0, 0.05) is 62.8 Å². The molecule has 0 bridgehead atoms. The van der Waals surface area contributed by atoms with Crippen molar-refractivity contribution >= 4 is 11.6 Å². The van der Waals surface area contributed by atoms with E-state index >= 15 is 0 Å². The van der Waals surface area contributed by atoms with Crippen LogP contribution in [0.15, 0.2) is 79.1 Å². The molecule has 0 atom stereocenters. The smallest absolute Gasteiger partial charge is 0.220 e. The van der Waals surface area contributed by atoms with Crippen molar-refractivity contribution in [3.05, 3.63) is 84.7 Å². The Kier molecular flexibility index (Phi) is 8.48. The molecule has 0 unspecified atom stereocenters. The minimum atomic E-state index is 0.129. The van der Waals surface area contributed by atoms with Crippen LogP contribution in [0.5, 0.6) is 0 Å². The number of benzene rings is 2. The Morgan fingerprint density at radius 1 is 0.879 bits per heavy atom. The lowest BCUT2D eigenvalue weighted by molar-refractivity contribution is -0.121. The number of para-hydroxylation sites is 1. The minimum absolute atomic E-state index is 0.129. The fourth-order valence-electron chi connectivity index (χ4n) is 4.40. The number of rotatable bonds is 10. The molecule has 33 heavy (non-hydrogen) atoms. The maximum absolute atomic E-state index is 12.0. The topological polar surface area (TPSA) is 48.5 Å². The van der Waals surface area contributed by atoms with Crippen molar-refractivity contribution in [2.75, 3.05) is 44.2 Å². The van der Waals surface area contributed by atoms with Crippen LogP contribution >= 0.6 is 0 Å². The van der Waals surface area contributed by atoms with Crippen LogP contribution < -0.4 is 10.2 Å². The van der Waals surface area contributed by atoms with E-state index in [2.05, 4.69) is 74.7 Å². The molecule has 1 aliphatic heterocycles. The summed E-state index contributed by atoms with van der Waals surface area (Å²) in [5, 5.41) is 3.05. The van der Waals surface area contributed by atoms with E-state index in [9.17, 15) is 4.79 Å². The first-order valence-electron chi connectivity index (χ1n) is 12.1. The van der Waals surface area contributed by atoms with Gasteiger partial charge in [-0.05, 0) is 49.1 Å². The van der Waals surface area contributed by atoms with Crippen LogP contribution in [0, 0.1) is 0 Å². The lowest BCUT2D eigenvalue weighted by Gasteiger charge is -2.37. The number of hydrogen-bond donors (Lipinski definition) is 1. The van der Waals surface area contributed by atoms with Crippen molar-refractivity contribution in [2.45, 2.75) is 25.7 Å². The first-order valence-corrected chi connectivity index (χ1v) is 12.1. The van der Waals surface area contributed by atoms with Crippen molar-refractivity contribution in [3.63, 3.8) is 0 Å². The molecule has 5 nitrogen and oxygen atoms in total. The second-order valence-corrected chi connectivity index (χ2v) is 8.63. The Balaban J connectivity index is 1.14. The molecule has 2 heterocycles. The highest BCUT2D eigenvalue weighted by atomic mass is 16.1. The quantitative estimate of drug-likeness (QED) is 0.473. The molecule has 0 saturated carbocycles. The van der Waals surface area contributed by atoms with E-state index in [0.717, 1.165) is 64.1 Å². The van der Waals surface area contributed by atoms with Gasteiger partial charge in [-0.15, -0.1) is 0 Å². The predicted molar refractivity (Wildman–Crippen MR) is 135 cm³/mol. The van der Waals surface area contributed by atoms with E-state index in [1.54, 1.807) is 6.20 Å². The standard InChI is InChI=1S/C28H34N4O/c33-28(15-14-24-9-8-16-29-23-24)30-17-6-7-18-31-19-21-32(22-20-31)27-13-5-4-12-26(27)25-10-2-1-3-11-25/h1-5,8-13,16,23H,6-7,14-15,17-22H2,(H,30,33). The van der Waals surface area contributed by atoms with Crippen LogP contribution in [0.4, 0.5) is 5.69 Å². The maximum atomic E-state index is 12.0. The summed E-state index contributed by atoms with van der Waals surface area (Å²) >= 11 is 0. The van der Waals surface area contributed by atoms with Crippen LogP contribution in [-0.2, 0) is 11.2 Å². The van der Waals surface area contributed by atoms with Crippen molar-refractivity contribution in [3.8, 4) is 11.1 Å². The highest BCUT2D eigenvalue weighted by molar-refractivity contribution is 5.78. The lowest BCUT2D eigenvalue weighted by Crippen LogP contribution is -2.46. The van der Waals surface area contributed by atoms with Crippen LogP contribution in [-0.4, -0.2) is 55.1 Å². The van der Waals surface area contributed by atoms with Gasteiger partial charge in [-0.3, -0.25) is 14.7 Å². The number of carbonyl (C=O) groups excluding carboxylic acids is 1. The van der Waals surface area contributed by atoms with Gasteiger partial charge in [0.15, 0.2) is 0 Å². The molecule has 172 valence electrons. The van der Waals surface area contributed by atoms with E-state index < -0.39 is 0 Å². The van der Waals surface area contributed by atoms with E-state index in [1.807, 2.05) is 18.3 Å². The number of aryl methyl sites for hydroxylation is 1. The SMILES string of the molecule is O=C(CCc1cccnc1)NCCCCN1CCN(c2ccccc2-c2ccccc2)CC1. The number of anilines is 1. The molecule has 3 aromatic rings. The molecular weight excluding hydrogens is 408 g/mol. The molecule has 0 spiro atoms. The highest BCUT2D eigenvalue weighted by Gasteiger charge is 2.19. The van der Waals surface area contributed by atoms with Crippen LogP contribution in [0.1, 0.15) is 24.8 Å². The van der Waals surface area contributed by atoms with Crippen molar-refractivity contribution in [1.82, 2.24) is 15.2 Å². The van der Waals surface area contributed by atoms with Crippen molar-refractivity contribution in [1.29, 1.82) is 0 Å². The summed E-state index contributed by atoms with van der Waals surface area (Å²) < 4.78 is 0. The fraction of sp³-hybridized carbons (Fsp3) is 0.357. The summed E-state index contributed by atoms with van der Waals surface area (Å²) in [6.45, 7) is 6.13. The number of piperazine rings is 1. The number of nitrogens with one attached hydrogen (secondary N) is 1. The van der Waals surface area contributed by atoms with Gasteiger partial charge in [0.2, 0.25) is 5.91 Å². The van der Waals surface area contributed by atoms with Crippen molar-refractivity contribution < 1.29 is 4.79 Å².